The highest BCUT2D eigenvalue weighted by Crippen LogP contribution is 2.12. The van der Waals surface area contributed by atoms with Crippen LogP contribution >= 0.6 is 0 Å². The van der Waals surface area contributed by atoms with Gasteiger partial charge in [0.25, 0.3) is 0 Å². The predicted molar refractivity (Wildman–Crippen MR) is 223 cm³/mol. The lowest BCUT2D eigenvalue weighted by molar-refractivity contribution is -0.161. The summed E-state index contributed by atoms with van der Waals surface area (Å²) in [6.07, 6.45) is 59.1. The Morgan fingerprint density at radius 3 is 1.33 bits per heavy atom. The smallest absolute Gasteiger partial charge is 0.306 e. The van der Waals surface area contributed by atoms with Crippen molar-refractivity contribution < 1.29 is 24.2 Å². The molecule has 52 heavy (non-hydrogen) atoms. The van der Waals surface area contributed by atoms with Crippen LogP contribution in [-0.2, 0) is 19.1 Å². The molecular weight excluding hydrogens is 645 g/mol. The van der Waals surface area contributed by atoms with E-state index in [2.05, 4.69) is 98.9 Å². The van der Waals surface area contributed by atoms with Gasteiger partial charge < -0.3 is 14.6 Å². The van der Waals surface area contributed by atoms with Gasteiger partial charge in [0.2, 0.25) is 0 Å². The van der Waals surface area contributed by atoms with E-state index in [9.17, 15) is 14.7 Å². The van der Waals surface area contributed by atoms with E-state index in [4.69, 9.17) is 9.47 Å². The molecular formula is C47H76O5. The maximum absolute atomic E-state index is 12.2. The third kappa shape index (κ3) is 39.6. The molecule has 0 aromatic carbocycles. The van der Waals surface area contributed by atoms with Crippen LogP contribution < -0.4 is 0 Å². The summed E-state index contributed by atoms with van der Waals surface area (Å²) in [7, 11) is 0. The topological polar surface area (TPSA) is 72.8 Å². The molecule has 0 aromatic heterocycles. The van der Waals surface area contributed by atoms with E-state index in [1.807, 2.05) is 12.2 Å². The first-order valence-electron chi connectivity index (χ1n) is 20.8. The van der Waals surface area contributed by atoms with Crippen molar-refractivity contribution in [2.75, 3.05) is 13.2 Å². The molecule has 0 heterocycles. The number of aliphatic hydroxyl groups excluding tert-OH is 1. The molecule has 294 valence electrons. The second kappa shape index (κ2) is 42.2. The first kappa shape index (κ1) is 48.8. The first-order chi connectivity index (χ1) is 25.6. The van der Waals surface area contributed by atoms with Gasteiger partial charge in [0, 0.05) is 12.8 Å². The summed E-state index contributed by atoms with van der Waals surface area (Å²) in [6, 6.07) is 0. The summed E-state index contributed by atoms with van der Waals surface area (Å²) in [4.78, 5) is 24.3. The summed E-state index contributed by atoms with van der Waals surface area (Å²) < 4.78 is 10.6. The molecule has 0 unspecified atom stereocenters. The molecule has 0 rings (SSSR count). The molecule has 5 heteroatoms. The molecule has 0 aliphatic rings. The lowest BCUT2D eigenvalue weighted by Crippen LogP contribution is -2.28. The minimum atomic E-state index is -0.819. The van der Waals surface area contributed by atoms with E-state index in [1.165, 1.54) is 70.6 Å². The number of ether oxygens (including phenoxy) is 2. The van der Waals surface area contributed by atoms with Crippen LogP contribution in [0.1, 0.15) is 168 Å². The lowest BCUT2D eigenvalue weighted by Gasteiger charge is -2.15. The number of rotatable bonds is 36. The summed E-state index contributed by atoms with van der Waals surface area (Å²) in [6.45, 7) is 3.92. The van der Waals surface area contributed by atoms with Crippen LogP contribution in [0.4, 0.5) is 0 Å². The number of esters is 2. The van der Waals surface area contributed by atoms with Gasteiger partial charge in [-0.1, -0.05) is 169 Å². The molecule has 0 aliphatic carbocycles. The van der Waals surface area contributed by atoms with Gasteiger partial charge in [-0.3, -0.25) is 9.59 Å². The summed E-state index contributed by atoms with van der Waals surface area (Å²) in [5, 5.41) is 9.56. The maximum Gasteiger partial charge on any atom is 0.306 e. The van der Waals surface area contributed by atoms with Crippen molar-refractivity contribution in [3.8, 4) is 0 Å². The van der Waals surface area contributed by atoms with Gasteiger partial charge >= 0.3 is 11.9 Å². The van der Waals surface area contributed by atoms with E-state index in [-0.39, 0.29) is 25.6 Å². The molecule has 0 amide bonds. The van der Waals surface area contributed by atoms with E-state index >= 15 is 0 Å². The molecule has 0 saturated heterocycles. The number of hydrogen-bond donors (Lipinski definition) is 1. The van der Waals surface area contributed by atoms with Crippen LogP contribution in [0.5, 0.6) is 0 Å². The Morgan fingerprint density at radius 1 is 0.462 bits per heavy atom. The van der Waals surface area contributed by atoms with Gasteiger partial charge in [0.1, 0.15) is 6.61 Å². The Bertz CT molecular complexity index is 1040. The quantitative estimate of drug-likeness (QED) is 0.0396. The molecule has 5 nitrogen and oxygen atoms in total. The Labute approximate surface area is 319 Å². The monoisotopic (exact) mass is 721 g/mol. The molecule has 0 radical (unpaired) electrons. The number of allylic oxidation sites excluding steroid dienone is 16. The SMILES string of the molecule is CC/C=C\C/C=C\C/C=C\C/C=C\C/C=C\C/C=C\CCC(=O)O[C@@H](CO)COC(=O)CCCCCCCCCCC/C=C\C/C=C\CCCCC. The van der Waals surface area contributed by atoms with Crippen molar-refractivity contribution in [2.45, 2.75) is 174 Å². The zero-order valence-corrected chi connectivity index (χ0v) is 33.3. The standard InChI is InChI=1S/C47H76O5/c1-3-5-7-9-11-13-15-17-19-21-23-25-27-29-31-33-35-37-39-41-46(49)51-44-45(43-48)52-47(50)42-40-38-36-34-32-30-28-26-24-22-20-18-16-14-12-10-8-6-4-2/h6,8,11-14,17-20,24,26,30,32,36,38,45,48H,3-5,7,9-10,15-16,21-23,25,27-29,31,33-35,37,39-44H2,1-2H3/b8-6-,13-11-,14-12-,19-17-,20-18-,26-24-,32-30-,38-36-/t45-/m0/s1. The highest BCUT2D eigenvalue weighted by molar-refractivity contribution is 5.70. The average Bonchev–Trinajstić information content (AvgIpc) is 3.15. The largest absolute Gasteiger partial charge is 0.462 e. The summed E-state index contributed by atoms with van der Waals surface area (Å²) >= 11 is 0. The molecule has 1 atom stereocenters. The minimum absolute atomic E-state index is 0.104. The fraction of sp³-hybridized carbons (Fsp3) is 0.617. The Morgan fingerprint density at radius 2 is 0.865 bits per heavy atom. The van der Waals surface area contributed by atoms with Crippen molar-refractivity contribution in [3.05, 3.63) is 97.2 Å². The molecule has 0 spiro atoms. The number of aliphatic hydroxyl groups is 1. The Balaban J connectivity index is 3.70. The summed E-state index contributed by atoms with van der Waals surface area (Å²) in [5.41, 5.74) is 0. The van der Waals surface area contributed by atoms with Crippen LogP contribution in [0.25, 0.3) is 0 Å². The summed E-state index contributed by atoms with van der Waals surface area (Å²) in [5.74, 6) is -0.701. The lowest BCUT2D eigenvalue weighted by atomic mass is 10.1. The number of unbranched alkanes of at least 4 members (excludes halogenated alkanes) is 12. The maximum atomic E-state index is 12.2. The number of hydrogen-bond acceptors (Lipinski definition) is 5. The molecule has 1 N–H and O–H groups in total. The zero-order valence-electron chi connectivity index (χ0n) is 33.3. The van der Waals surface area contributed by atoms with Crippen LogP contribution in [0.2, 0.25) is 0 Å². The van der Waals surface area contributed by atoms with Crippen molar-refractivity contribution >= 4 is 11.9 Å². The van der Waals surface area contributed by atoms with E-state index in [0.717, 1.165) is 64.2 Å². The first-order valence-corrected chi connectivity index (χ1v) is 20.8. The normalized spacial score (nSPS) is 13.2. The van der Waals surface area contributed by atoms with Crippen molar-refractivity contribution in [1.29, 1.82) is 0 Å². The van der Waals surface area contributed by atoms with Gasteiger partial charge in [-0.25, -0.2) is 0 Å². The highest BCUT2D eigenvalue weighted by atomic mass is 16.6. The van der Waals surface area contributed by atoms with Gasteiger partial charge in [-0.15, -0.1) is 0 Å². The van der Waals surface area contributed by atoms with Crippen LogP contribution in [0.3, 0.4) is 0 Å². The molecule has 0 saturated carbocycles. The Kier molecular flexibility index (Phi) is 39.7. The van der Waals surface area contributed by atoms with Crippen molar-refractivity contribution in [3.63, 3.8) is 0 Å². The molecule has 0 fully saturated rings. The van der Waals surface area contributed by atoms with Crippen LogP contribution in [-0.4, -0.2) is 36.4 Å². The fourth-order valence-electron chi connectivity index (χ4n) is 5.26. The highest BCUT2D eigenvalue weighted by Gasteiger charge is 2.15. The second-order valence-corrected chi connectivity index (χ2v) is 13.3. The minimum Gasteiger partial charge on any atom is -0.462 e. The molecule has 0 aliphatic heterocycles. The van der Waals surface area contributed by atoms with Crippen molar-refractivity contribution in [1.82, 2.24) is 0 Å². The van der Waals surface area contributed by atoms with Gasteiger partial charge in [0.15, 0.2) is 6.10 Å². The van der Waals surface area contributed by atoms with Crippen LogP contribution in [0.15, 0.2) is 97.2 Å². The fourth-order valence-corrected chi connectivity index (χ4v) is 5.26. The average molecular weight is 721 g/mol. The third-order valence-corrected chi connectivity index (χ3v) is 8.38. The van der Waals surface area contributed by atoms with E-state index in [0.29, 0.717) is 12.8 Å². The second-order valence-electron chi connectivity index (χ2n) is 13.3. The predicted octanol–water partition coefficient (Wildman–Crippen LogP) is 13.3. The number of carbonyl (C=O) groups is 2. The number of carbonyl (C=O) groups excluding carboxylic acids is 2. The van der Waals surface area contributed by atoms with Gasteiger partial charge in [-0.05, 0) is 83.5 Å². The van der Waals surface area contributed by atoms with Gasteiger partial charge in [0.05, 0.1) is 6.61 Å². The molecule has 0 bridgehead atoms. The van der Waals surface area contributed by atoms with Gasteiger partial charge in [-0.2, -0.15) is 0 Å². The third-order valence-electron chi connectivity index (χ3n) is 8.38. The Hall–Kier alpha value is -3.18. The van der Waals surface area contributed by atoms with E-state index in [1.54, 1.807) is 0 Å². The van der Waals surface area contributed by atoms with Crippen LogP contribution in [0, 0.1) is 0 Å². The molecule has 0 aromatic rings. The zero-order chi connectivity index (χ0) is 37.8. The van der Waals surface area contributed by atoms with E-state index < -0.39 is 12.1 Å². The van der Waals surface area contributed by atoms with Crippen molar-refractivity contribution in [2.24, 2.45) is 0 Å².